The molecule has 0 fully saturated rings. The molecule has 0 saturated heterocycles. The zero-order chi connectivity index (χ0) is 20.5. The molecule has 8 heteroatoms. The fraction of sp³-hybridized carbons (Fsp3) is 0.238. The van der Waals surface area contributed by atoms with Crippen molar-refractivity contribution in [2.45, 2.75) is 19.9 Å². The van der Waals surface area contributed by atoms with E-state index in [-0.39, 0.29) is 29.2 Å². The van der Waals surface area contributed by atoms with E-state index in [1.54, 1.807) is 12.1 Å². The van der Waals surface area contributed by atoms with Crippen LogP contribution in [0.25, 0.3) is 0 Å². The number of para-hydroxylation sites is 2. The summed E-state index contributed by atoms with van der Waals surface area (Å²) in [6, 6.07) is 13.0. The highest BCUT2D eigenvalue weighted by Crippen LogP contribution is 2.34. The number of amides is 2. The molecule has 0 aromatic heterocycles. The van der Waals surface area contributed by atoms with Gasteiger partial charge in [-0.25, -0.2) is 14.3 Å². The zero-order valence-electron chi connectivity index (χ0n) is 15.9. The number of halogens is 1. The van der Waals surface area contributed by atoms with Crippen molar-refractivity contribution in [2.24, 2.45) is 15.9 Å². The van der Waals surface area contributed by atoms with Crippen molar-refractivity contribution in [1.82, 2.24) is 4.90 Å². The van der Waals surface area contributed by atoms with E-state index < -0.39 is 11.9 Å². The molecular formula is C21H19FN4O2S. The minimum absolute atomic E-state index is 0.0151. The van der Waals surface area contributed by atoms with Gasteiger partial charge >= 0.3 is 0 Å². The first kappa shape index (κ1) is 19.3. The van der Waals surface area contributed by atoms with Crippen LogP contribution in [-0.2, 0) is 9.59 Å². The monoisotopic (exact) mass is 410 g/mol. The third kappa shape index (κ3) is 3.67. The number of thioether (sulfide) groups is 1. The molecule has 2 amide bonds. The summed E-state index contributed by atoms with van der Waals surface area (Å²) >= 11 is 1.13. The second-order valence-electron chi connectivity index (χ2n) is 7.04. The van der Waals surface area contributed by atoms with Crippen molar-refractivity contribution in [1.29, 1.82) is 0 Å². The summed E-state index contributed by atoms with van der Waals surface area (Å²) in [5, 5.41) is 2.95. The van der Waals surface area contributed by atoms with Gasteiger partial charge in [0.25, 0.3) is 5.91 Å². The number of carbonyl (C=O) groups excluding carboxylic acids is 2. The molecule has 148 valence electrons. The number of hydrogen-bond acceptors (Lipinski definition) is 5. The molecule has 0 radical (unpaired) electrons. The van der Waals surface area contributed by atoms with Crippen LogP contribution in [0.4, 0.5) is 15.8 Å². The Hall–Kier alpha value is -3.00. The second-order valence-corrected chi connectivity index (χ2v) is 7.99. The Balaban J connectivity index is 1.56. The Bertz CT molecular complexity index is 1050. The maximum Gasteiger partial charge on any atom is 0.259 e. The van der Waals surface area contributed by atoms with Gasteiger partial charge in [-0.05, 0) is 30.2 Å². The number of nitrogens with zero attached hydrogens (tertiary/aromatic N) is 3. The first-order valence-electron chi connectivity index (χ1n) is 9.22. The summed E-state index contributed by atoms with van der Waals surface area (Å²) in [4.78, 5) is 36.0. The topological polar surface area (TPSA) is 74.1 Å². The lowest BCUT2D eigenvalue weighted by Crippen LogP contribution is -2.42. The summed E-state index contributed by atoms with van der Waals surface area (Å²) in [5.74, 6) is -0.436. The van der Waals surface area contributed by atoms with Gasteiger partial charge in [-0.3, -0.25) is 14.6 Å². The minimum atomic E-state index is -0.501. The van der Waals surface area contributed by atoms with E-state index in [4.69, 9.17) is 0 Å². The SMILES string of the molecule is CC(C)[C@@H]1N=C2c3ccccc3N=C(SCC(=O)Nc3ccccc3F)N2C1=O. The van der Waals surface area contributed by atoms with Crippen LogP contribution in [0, 0.1) is 11.7 Å². The molecule has 2 aromatic rings. The molecular weight excluding hydrogens is 391 g/mol. The number of nitrogens with one attached hydrogen (secondary N) is 1. The summed E-state index contributed by atoms with van der Waals surface area (Å²) in [7, 11) is 0. The summed E-state index contributed by atoms with van der Waals surface area (Å²) in [5.41, 5.74) is 1.62. The number of carbonyl (C=O) groups is 2. The van der Waals surface area contributed by atoms with E-state index in [2.05, 4.69) is 15.3 Å². The number of fused-ring (bicyclic) bond motifs is 3. The molecule has 4 rings (SSSR count). The second kappa shape index (κ2) is 7.79. The molecule has 1 atom stereocenters. The highest BCUT2D eigenvalue weighted by molar-refractivity contribution is 8.14. The zero-order valence-corrected chi connectivity index (χ0v) is 16.7. The lowest BCUT2D eigenvalue weighted by molar-refractivity contribution is -0.125. The highest BCUT2D eigenvalue weighted by Gasteiger charge is 2.42. The van der Waals surface area contributed by atoms with Gasteiger partial charge in [0.1, 0.15) is 17.7 Å². The normalized spacial score (nSPS) is 17.6. The molecule has 2 aliphatic rings. The fourth-order valence-electron chi connectivity index (χ4n) is 3.18. The molecule has 29 heavy (non-hydrogen) atoms. The van der Waals surface area contributed by atoms with Crippen molar-refractivity contribution in [3.63, 3.8) is 0 Å². The molecule has 0 saturated carbocycles. The van der Waals surface area contributed by atoms with E-state index in [9.17, 15) is 14.0 Å². The molecule has 2 aromatic carbocycles. The Labute approximate surface area is 171 Å². The Kier molecular flexibility index (Phi) is 5.19. The predicted octanol–water partition coefficient (Wildman–Crippen LogP) is 3.81. The number of rotatable bonds is 4. The van der Waals surface area contributed by atoms with Gasteiger partial charge in [0, 0.05) is 5.56 Å². The highest BCUT2D eigenvalue weighted by atomic mass is 32.2. The van der Waals surface area contributed by atoms with E-state index in [0.29, 0.717) is 16.7 Å². The van der Waals surface area contributed by atoms with Crippen LogP contribution in [0.3, 0.4) is 0 Å². The van der Waals surface area contributed by atoms with Crippen LogP contribution in [0.2, 0.25) is 0 Å². The largest absolute Gasteiger partial charge is 0.323 e. The third-order valence-corrected chi connectivity index (χ3v) is 5.55. The third-order valence-electron chi connectivity index (χ3n) is 4.61. The maximum atomic E-state index is 13.7. The van der Waals surface area contributed by atoms with Crippen molar-refractivity contribution < 1.29 is 14.0 Å². The molecule has 2 heterocycles. The molecule has 0 spiro atoms. The summed E-state index contributed by atoms with van der Waals surface area (Å²) in [6.45, 7) is 3.89. The van der Waals surface area contributed by atoms with Gasteiger partial charge in [0.15, 0.2) is 5.17 Å². The van der Waals surface area contributed by atoms with E-state index in [1.807, 2.05) is 38.1 Å². The predicted molar refractivity (Wildman–Crippen MR) is 113 cm³/mol. The summed E-state index contributed by atoms with van der Waals surface area (Å²) < 4.78 is 13.7. The van der Waals surface area contributed by atoms with Gasteiger partial charge in [0.2, 0.25) is 5.91 Å². The number of aliphatic imine (C=N–C) groups is 2. The lowest BCUT2D eigenvalue weighted by Gasteiger charge is -2.25. The van der Waals surface area contributed by atoms with Crippen LogP contribution in [0.1, 0.15) is 19.4 Å². The van der Waals surface area contributed by atoms with Crippen LogP contribution in [-0.4, -0.2) is 39.5 Å². The Morgan fingerprint density at radius 3 is 2.69 bits per heavy atom. The minimum Gasteiger partial charge on any atom is -0.323 e. The number of benzene rings is 2. The quantitative estimate of drug-likeness (QED) is 0.833. The van der Waals surface area contributed by atoms with Gasteiger partial charge in [0.05, 0.1) is 17.1 Å². The van der Waals surface area contributed by atoms with Gasteiger partial charge in [-0.15, -0.1) is 0 Å². The first-order valence-corrected chi connectivity index (χ1v) is 10.2. The number of hydrogen-bond donors (Lipinski definition) is 1. The standard InChI is InChI=1S/C21H19FN4O2S/c1-12(2)18-20(28)26-19(25-18)13-7-3-5-9-15(13)24-21(26)29-11-17(27)23-16-10-6-4-8-14(16)22/h3-10,12,18H,11H2,1-2H3,(H,23,27)/t18-/m0/s1. The Morgan fingerprint density at radius 1 is 1.21 bits per heavy atom. The van der Waals surface area contributed by atoms with Crippen LogP contribution >= 0.6 is 11.8 Å². The van der Waals surface area contributed by atoms with E-state index in [1.165, 1.54) is 17.0 Å². The number of anilines is 1. The number of amidine groups is 2. The molecule has 0 unspecified atom stereocenters. The summed E-state index contributed by atoms with van der Waals surface area (Å²) in [6.07, 6.45) is 0. The molecule has 1 N–H and O–H groups in total. The van der Waals surface area contributed by atoms with Crippen molar-refractivity contribution >= 4 is 46.0 Å². The van der Waals surface area contributed by atoms with Crippen molar-refractivity contribution in [3.8, 4) is 0 Å². The molecule has 0 bridgehead atoms. The average molecular weight is 410 g/mol. The van der Waals surface area contributed by atoms with Crippen LogP contribution in [0.15, 0.2) is 58.5 Å². The average Bonchev–Trinajstić information content (AvgIpc) is 3.06. The molecule has 6 nitrogen and oxygen atoms in total. The first-order chi connectivity index (χ1) is 14.0. The van der Waals surface area contributed by atoms with Crippen molar-refractivity contribution in [2.75, 3.05) is 11.1 Å². The smallest absolute Gasteiger partial charge is 0.259 e. The molecule has 0 aliphatic carbocycles. The fourth-order valence-corrected chi connectivity index (χ4v) is 3.98. The van der Waals surface area contributed by atoms with Crippen LogP contribution < -0.4 is 5.32 Å². The van der Waals surface area contributed by atoms with E-state index in [0.717, 1.165) is 17.3 Å². The van der Waals surface area contributed by atoms with Crippen molar-refractivity contribution in [3.05, 3.63) is 59.9 Å². The van der Waals surface area contributed by atoms with E-state index >= 15 is 0 Å². The lowest BCUT2D eigenvalue weighted by atomic mass is 10.1. The van der Waals surface area contributed by atoms with Gasteiger partial charge in [-0.1, -0.05) is 49.9 Å². The van der Waals surface area contributed by atoms with Gasteiger partial charge < -0.3 is 5.32 Å². The van der Waals surface area contributed by atoms with Crippen LogP contribution in [0.5, 0.6) is 0 Å². The Morgan fingerprint density at radius 2 is 1.93 bits per heavy atom. The maximum absolute atomic E-state index is 13.7. The van der Waals surface area contributed by atoms with Gasteiger partial charge in [-0.2, -0.15) is 0 Å². The molecule has 2 aliphatic heterocycles.